The Hall–Kier alpha value is -2.90. The van der Waals surface area contributed by atoms with Crippen LogP contribution in [-0.2, 0) is 6.67 Å². The van der Waals surface area contributed by atoms with E-state index in [0.717, 1.165) is 46.9 Å². The number of benzene rings is 1. The lowest BCUT2D eigenvalue weighted by molar-refractivity contribution is 0.144. The van der Waals surface area contributed by atoms with Gasteiger partial charge in [0, 0.05) is 24.7 Å². The third-order valence-electron chi connectivity index (χ3n) is 5.69. The van der Waals surface area contributed by atoms with E-state index in [1.807, 2.05) is 48.5 Å². The molecule has 1 aliphatic rings. The second kappa shape index (κ2) is 8.08. The number of likely N-dealkylation sites (tertiary alicyclic amines) is 1. The molecule has 0 N–H and O–H groups in total. The second-order valence-electron chi connectivity index (χ2n) is 7.90. The Bertz CT molecular complexity index is 1230. The fourth-order valence-electron chi connectivity index (χ4n) is 3.90. The van der Waals surface area contributed by atoms with Crippen molar-refractivity contribution in [2.75, 3.05) is 13.1 Å². The standard InChI is InChI=1S/C23H23N5OS/c1-16-9-12-27(13-10-16)15-28-23(30)29-22(26-28)18-14-21(20-8-4-5-11-24-20)25-19-7-3-2-6-17(18)19/h2-8,11,14,16H,9-10,12-13,15H2,1H3. The number of aromatic nitrogens is 4. The molecule has 3 aromatic heterocycles. The Kier molecular flexibility index (Phi) is 5.14. The van der Waals surface area contributed by atoms with Crippen LogP contribution in [0.25, 0.3) is 33.7 Å². The molecule has 4 aromatic rings. The number of para-hydroxylation sites is 1. The summed E-state index contributed by atoms with van der Waals surface area (Å²) in [6, 6.07) is 15.8. The zero-order valence-corrected chi connectivity index (χ0v) is 17.7. The van der Waals surface area contributed by atoms with E-state index in [4.69, 9.17) is 26.7 Å². The van der Waals surface area contributed by atoms with Crippen molar-refractivity contribution in [1.29, 1.82) is 0 Å². The minimum atomic E-state index is 0.393. The molecule has 0 unspecified atom stereocenters. The number of hydrogen-bond acceptors (Lipinski definition) is 6. The first kappa shape index (κ1) is 19.1. The molecule has 152 valence electrons. The highest BCUT2D eigenvalue weighted by atomic mass is 32.1. The number of rotatable bonds is 4. The monoisotopic (exact) mass is 417 g/mol. The summed E-state index contributed by atoms with van der Waals surface area (Å²) >= 11 is 5.49. The number of piperidine rings is 1. The van der Waals surface area contributed by atoms with Gasteiger partial charge in [0.25, 0.3) is 4.84 Å². The zero-order valence-electron chi connectivity index (χ0n) is 16.9. The van der Waals surface area contributed by atoms with Crippen molar-refractivity contribution >= 4 is 23.1 Å². The van der Waals surface area contributed by atoms with Crippen molar-refractivity contribution in [3.8, 4) is 22.8 Å². The smallest absolute Gasteiger partial charge is 0.288 e. The molecule has 0 amide bonds. The molecule has 0 saturated carbocycles. The molecule has 1 aromatic carbocycles. The average molecular weight is 418 g/mol. The van der Waals surface area contributed by atoms with Gasteiger partial charge in [0.2, 0.25) is 5.89 Å². The lowest BCUT2D eigenvalue weighted by Gasteiger charge is -2.29. The van der Waals surface area contributed by atoms with Gasteiger partial charge in [-0.25, -0.2) is 9.67 Å². The zero-order chi connectivity index (χ0) is 20.5. The van der Waals surface area contributed by atoms with Crippen molar-refractivity contribution in [2.45, 2.75) is 26.4 Å². The normalized spacial score (nSPS) is 15.6. The minimum absolute atomic E-state index is 0.393. The molecule has 0 aliphatic carbocycles. The molecule has 6 nitrogen and oxygen atoms in total. The average Bonchev–Trinajstić information content (AvgIpc) is 3.15. The van der Waals surface area contributed by atoms with Gasteiger partial charge in [-0.1, -0.05) is 31.2 Å². The SMILES string of the molecule is CC1CCN(Cn2nc(-c3cc(-c4ccccn4)nc4ccccc34)oc2=S)CC1. The van der Waals surface area contributed by atoms with Crippen LogP contribution in [0.2, 0.25) is 0 Å². The van der Waals surface area contributed by atoms with Gasteiger partial charge in [0.05, 0.1) is 29.1 Å². The van der Waals surface area contributed by atoms with Crippen LogP contribution >= 0.6 is 12.2 Å². The molecular formula is C23H23N5OS. The summed E-state index contributed by atoms with van der Waals surface area (Å²) < 4.78 is 7.74. The van der Waals surface area contributed by atoms with Crippen molar-refractivity contribution < 1.29 is 4.42 Å². The number of fused-ring (bicyclic) bond motifs is 1. The molecule has 0 atom stereocenters. The maximum atomic E-state index is 5.95. The molecular weight excluding hydrogens is 394 g/mol. The van der Waals surface area contributed by atoms with Crippen molar-refractivity contribution in [2.24, 2.45) is 5.92 Å². The van der Waals surface area contributed by atoms with E-state index in [-0.39, 0.29) is 0 Å². The summed E-state index contributed by atoms with van der Waals surface area (Å²) in [5.41, 5.74) is 3.34. The predicted octanol–water partition coefficient (Wildman–Crippen LogP) is 5.17. The van der Waals surface area contributed by atoms with Gasteiger partial charge in [0.15, 0.2) is 0 Å². The van der Waals surface area contributed by atoms with Crippen molar-refractivity contribution in [3.63, 3.8) is 0 Å². The summed E-state index contributed by atoms with van der Waals surface area (Å²) in [6.07, 6.45) is 4.19. The van der Waals surface area contributed by atoms with Crippen LogP contribution in [0.15, 0.2) is 59.1 Å². The van der Waals surface area contributed by atoms with E-state index in [0.29, 0.717) is 17.4 Å². The highest BCUT2D eigenvalue weighted by Gasteiger charge is 2.19. The Morgan fingerprint density at radius 2 is 1.87 bits per heavy atom. The van der Waals surface area contributed by atoms with E-state index in [1.165, 1.54) is 12.8 Å². The predicted molar refractivity (Wildman–Crippen MR) is 119 cm³/mol. The first-order valence-electron chi connectivity index (χ1n) is 10.3. The van der Waals surface area contributed by atoms with Crippen LogP contribution in [0.3, 0.4) is 0 Å². The third-order valence-corrected chi connectivity index (χ3v) is 5.98. The summed E-state index contributed by atoms with van der Waals surface area (Å²) in [5.74, 6) is 1.30. The first-order valence-corrected chi connectivity index (χ1v) is 10.7. The fraction of sp³-hybridized carbons (Fsp3) is 0.304. The summed E-state index contributed by atoms with van der Waals surface area (Å²) in [4.78, 5) is 12.0. The van der Waals surface area contributed by atoms with Crippen LogP contribution in [0.4, 0.5) is 0 Å². The Morgan fingerprint density at radius 3 is 2.67 bits per heavy atom. The van der Waals surface area contributed by atoms with Crippen LogP contribution in [0.5, 0.6) is 0 Å². The van der Waals surface area contributed by atoms with E-state index in [9.17, 15) is 0 Å². The maximum Gasteiger partial charge on any atom is 0.288 e. The van der Waals surface area contributed by atoms with Gasteiger partial charge in [-0.05, 0) is 55.2 Å². The maximum absolute atomic E-state index is 5.95. The molecule has 1 saturated heterocycles. The lowest BCUT2D eigenvalue weighted by atomic mass is 10.00. The van der Waals surface area contributed by atoms with Gasteiger partial charge in [0.1, 0.15) is 0 Å². The van der Waals surface area contributed by atoms with Crippen LogP contribution in [0, 0.1) is 10.8 Å². The second-order valence-corrected chi connectivity index (χ2v) is 8.25. The largest absolute Gasteiger partial charge is 0.409 e. The first-order chi connectivity index (χ1) is 14.7. The quantitative estimate of drug-likeness (QED) is 0.427. The molecule has 1 fully saturated rings. The lowest BCUT2D eigenvalue weighted by Crippen LogP contribution is -2.34. The van der Waals surface area contributed by atoms with Gasteiger partial charge in [-0.2, -0.15) is 0 Å². The van der Waals surface area contributed by atoms with Gasteiger partial charge in [-0.3, -0.25) is 9.88 Å². The van der Waals surface area contributed by atoms with Crippen molar-refractivity contribution in [1.82, 2.24) is 24.6 Å². The molecule has 0 bridgehead atoms. The Labute approximate surface area is 180 Å². The van der Waals surface area contributed by atoms with Gasteiger partial charge in [-0.15, -0.1) is 5.10 Å². The topological polar surface area (TPSA) is 60.0 Å². The molecule has 0 radical (unpaired) electrons. The van der Waals surface area contributed by atoms with Crippen molar-refractivity contribution in [3.05, 3.63) is 59.6 Å². The minimum Gasteiger partial charge on any atom is -0.409 e. The molecule has 30 heavy (non-hydrogen) atoms. The molecule has 0 spiro atoms. The van der Waals surface area contributed by atoms with Crippen LogP contribution in [-0.4, -0.2) is 37.7 Å². The molecule has 7 heteroatoms. The van der Waals surface area contributed by atoms with Gasteiger partial charge >= 0.3 is 0 Å². The Morgan fingerprint density at radius 1 is 1.07 bits per heavy atom. The highest BCUT2D eigenvalue weighted by Crippen LogP contribution is 2.31. The Balaban J connectivity index is 1.55. The van der Waals surface area contributed by atoms with Gasteiger partial charge < -0.3 is 4.42 Å². The number of hydrogen-bond donors (Lipinski definition) is 0. The fourth-order valence-corrected chi connectivity index (χ4v) is 4.07. The van der Waals surface area contributed by atoms with E-state index in [1.54, 1.807) is 10.9 Å². The molecule has 1 aliphatic heterocycles. The van der Waals surface area contributed by atoms with Crippen LogP contribution in [0.1, 0.15) is 19.8 Å². The van der Waals surface area contributed by atoms with Crippen LogP contribution < -0.4 is 0 Å². The summed E-state index contributed by atoms with van der Waals surface area (Å²) in [7, 11) is 0. The van der Waals surface area contributed by atoms with E-state index < -0.39 is 0 Å². The molecule has 4 heterocycles. The molecule has 5 rings (SSSR count). The third kappa shape index (κ3) is 3.78. The number of pyridine rings is 2. The summed E-state index contributed by atoms with van der Waals surface area (Å²) in [6.45, 7) is 5.09. The van der Waals surface area contributed by atoms with E-state index >= 15 is 0 Å². The van der Waals surface area contributed by atoms with E-state index in [2.05, 4.69) is 16.8 Å². The highest BCUT2D eigenvalue weighted by molar-refractivity contribution is 7.71. The number of nitrogens with zero attached hydrogens (tertiary/aromatic N) is 5. The summed E-state index contributed by atoms with van der Waals surface area (Å²) in [5, 5.41) is 5.71.